The first-order chi connectivity index (χ1) is 19.4. The summed E-state index contributed by atoms with van der Waals surface area (Å²) in [5.41, 5.74) is 3.58. The molecule has 10 nitrogen and oxygen atoms in total. The number of para-hydroxylation sites is 1. The molecule has 40 heavy (non-hydrogen) atoms. The summed E-state index contributed by atoms with van der Waals surface area (Å²) in [5.74, 6) is 5.84. The highest BCUT2D eigenvalue weighted by atomic mass is 16.2. The minimum atomic E-state index is -0.538. The number of amides is 1. The highest BCUT2D eigenvalue weighted by Gasteiger charge is 2.23. The summed E-state index contributed by atoms with van der Waals surface area (Å²) in [5, 5.41) is 12.9. The highest BCUT2D eigenvalue weighted by Crippen LogP contribution is 2.24. The number of hydrogen-bond acceptors (Lipinski definition) is 6. The predicted octanol–water partition coefficient (Wildman–Crippen LogP) is 3.36. The van der Waals surface area contributed by atoms with E-state index in [9.17, 15) is 9.59 Å². The first kappa shape index (κ1) is 24.8. The number of carbonyl (C=O) groups is 1. The molecule has 0 spiro atoms. The van der Waals surface area contributed by atoms with Gasteiger partial charge in [0.2, 0.25) is 0 Å². The van der Waals surface area contributed by atoms with Gasteiger partial charge in [-0.15, -0.1) is 0 Å². The van der Waals surface area contributed by atoms with Gasteiger partial charge in [0, 0.05) is 30.2 Å². The lowest BCUT2D eigenvalue weighted by Crippen LogP contribution is -2.32. The summed E-state index contributed by atoms with van der Waals surface area (Å²) in [6.07, 6.45) is 4.70. The second-order valence-electron chi connectivity index (χ2n) is 9.37. The number of fused-ring (bicyclic) bond motifs is 2. The first-order valence-corrected chi connectivity index (χ1v) is 12.6. The van der Waals surface area contributed by atoms with Crippen LogP contribution in [0.15, 0.2) is 84.3 Å². The van der Waals surface area contributed by atoms with Crippen LogP contribution < -0.4 is 10.9 Å². The van der Waals surface area contributed by atoms with Crippen molar-refractivity contribution in [2.24, 2.45) is 7.05 Å². The zero-order chi connectivity index (χ0) is 27.8. The molecule has 2 aromatic carbocycles. The molecule has 0 aliphatic rings. The number of pyridine rings is 1. The van der Waals surface area contributed by atoms with Gasteiger partial charge in [-0.3, -0.25) is 18.8 Å². The first-order valence-electron chi connectivity index (χ1n) is 12.6. The van der Waals surface area contributed by atoms with Gasteiger partial charge in [0.15, 0.2) is 5.65 Å². The third kappa shape index (κ3) is 4.39. The summed E-state index contributed by atoms with van der Waals surface area (Å²) >= 11 is 0. The van der Waals surface area contributed by atoms with E-state index < -0.39 is 6.04 Å². The van der Waals surface area contributed by atoms with E-state index in [1.165, 1.54) is 17.2 Å². The highest BCUT2D eigenvalue weighted by molar-refractivity contribution is 6.01. The summed E-state index contributed by atoms with van der Waals surface area (Å²) in [6, 6.07) is 18.1. The molecule has 1 N–H and O–H groups in total. The second-order valence-corrected chi connectivity index (χ2v) is 9.37. The Morgan fingerprint density at radius 1 is 1.02 bits per heavy atom. The van der Waals surface area contributed by atoms with Crippen molar-refractivity contribution in [3.8, 4) is 17.5 Å². The average molecular weight is 529 g/mol. The van der Waals surface area contributed by atoms with Crippen LogP contribution in [0.1, 0.15) is 46.0 Å². The Morgan fingerprint density at radius 3 is 2.62 bits per heavy atom. The van der Waals surface area contributed by atoms with Crippen molar-refractivity contribution in [1.29, 1.82) is 0 Å². The number of carbonyl (C=O) groups excluding carboxylic acids is 1. The number of aromatic nitrogens is 7. The van der Waals surface area contributed by atoms with Crippen molar-refractivity contribution in [1.82, 2.24) is 39.2 Å². The van der Waals surface area contributed by atoms with Gasteiger partial charge in [0.05, 0.1) is 17.1 Å². The lowest BCUT2D eigenvalue weighted by atomic mass is 10.0. The van der Waals surface area contributed by atoms with Crippen LogP contribution in [0.3, 0.4) is 0 Å². The maximum atomic E-state index is 14.2. The largest absolute Gasteiger partial charge is 0.344 e. The minimum absolute atomic E-state index is 0.231. The Hall–Kier alpha value is -5.56. The summed E-state index contributed by atoms with van der Waals surface area (Å²) in [7, 11) is 1.83. The average Bonchev–Trinajstić information content (AvgIpc) is 3.53. The maximum Gasteiger partial charge on any atom is 0.264 e. The quantitative estimate of drug-likeness (QED) is 0.351. The Morgan fingerprint density at radius 2 is 1.85 bits per heavy atom. The molecule has 0 fully saturated rings. The third-order valence-electron chi connectivity index (χ3n) is 6.63. The molecule has 6 aromatic rings. The van der Waals surface area contributed by atoms with Crippen LogP contribution in [0.2, 0.25) is 0 Å². The van der Waals surface area contributed by atoms with E-state index in [0.29, 0.717) is 44.9 Å². The Kier molecular flexibility index (Phi) is 6.16. The molecule has 0 radical (unpaired) electrons. The van der Waals surface area contributed by atoms with E-state index in [1.54, 1.807) is 16.2 Å². The van der Waals surface area contributed by atoms with Gasteiger partial charge in [-0.05, 0) is 55.5 Å². The van der Waals surface area contributed by atoms with E-state index in [4.69, 9.17) is 0 Å². The van der Waals surface area contributed by atoms with Crippen LogP contribution in [0, 0.1) is 18.8 Å². The number of nitrogens with zero attached hydrogens (tertiary/aromatic N) is 7. The lowest BCUT2D eigenvalue weighted by Gasteiger charge is -2.21. The molecule has 1 atom stereocenters. The zero-order valence-electron chi connectivity index (χ0n) is 22.0. The van der Waals surface area contributed by atoms with Crippen LogP contribution in [0.4, 0.5) is 0 Å². The molecule has 10 heteroatoms. The standard InChI is InChI=1S/C30H24N8O2/c1-19(33-29(39)26-20(2)34-37-18-31-17-32-28(26)37)25-16-22-9-7-8-21(12-13-23-14-15-36(3)35-23)27(22)30(40)38(25)24-10-5-4-6-11-24/h4-11,14-19H,1-3H3,(H,33,39)/t19-/m0/s1. The smallest absolute Gasteiger partial charge is 0.264 e. The monoisotopic (exact) mass is 528 g/mol. The zero-order valence-corrected chi connectivity index (χ0v) is 22.0. The SMILES string of the molecule is Cc1nn2cncnc2c1C(=O)N[C@@H](C)c1cc2cccc(C#Cc3ccn(C)n3)c2c(=O)n1-c1ccccc1. The van der Waals surface area contributed by atoms with E-state index in [0.717, 1.165) is 5.39 Å². The fourth-order valence-corrected chi connectivity index (χ4v) is 4.79. The molecule has 0 unspecified atom stereocenters. The van der Waals surface area contributed by atoms with Crippen molar-refractivity contribution in [3.63, 3.8) is 0 Å². The molecule has 0 saturated carbocycles. The van der Waals surface area contributed by atoms with Crippen LogP contribution in [-0.2, 0) is 7.05 Å². The van der Waals surface area contributed by atoms with Crippen molar-refractivity contribution < 1.29 is 4.79 Å². The van der Waals surface area contributed by atoms with Gasteiger partial charge >= 0.3 is 0 Å². The number of aryl methyl sites for hydroxylation is 2. The molecule has 4 aromatic heterocycles. The van der Waals surface area contributed by atoms with E-state index in [2.05, 4.69) is 37.3 Å². The molecular formula is C30H24N8O2. The van der Waals surface area contributed by atoms with Gasteiger partial charge < -0.3 is 5.32 Å². The fourth-order valence-electron chi connectivity index (χ4n) is 4.79. The van der Waals surface area contributed by atoms with Gasteiger partial charge in [-0.25, -0.2) is 14.5 Å². The maximum absolute atomic E-state index is 14.2. The fraction of sp³-hybridized carbons (Fsp3) is 0.133. The van der Waals surface area contributed by atoms with Gasteiger partial charge in [0.25, 0.3) is 11.5 Å². The molecule has 0 aliphatic carbocycles. The van der Waals surface area contributed by atoms with E-state index in [1.807, 2.05) is 80.8 Å². The number of rotatable bonds is 4. The van der Waals surface area contributed by atoms with Crippen LogP contribution in [-0.4, -0.2) is 39.8 Å². The topological polar surface area (TPSA) is 112 Å². The molecule has 6 rings (SSSR count). The normalized spacial score (nSPS) is 11.8. The van der Waals surface area contributed by atoms with Crippen molar-refractivity contribution >= 4 is 22.3 Å². The van der Waals surface area contributed by atoms with Crippen molar-refractivity contribution in [2.75, 3.05) is 0 Å². The minimum Gasteiger partial charge on any atom is -0.344 e. The molecule has 4 heterocycles. The Balaban J connectivity index is 1.48. The van der Waals surface area contributed by atoms with Gasteiger partial charge in [0.1, 0.15) is 23.9 Å². The molecule has 0 aliphatic heterocycles. The van der Waals surface area contributed by atoms with Crippen LogP contribution in [0.25, 0.3) is 22.1 Å². The molecule has 1 amide bonds. The Labute approximate surface area is 228 Å². The van der Waals surface area contributed by atoms with Gasteiger partial charge in [-0.2, -0.15) is 10.2 Å². The molecular weight excluding hydrogens is 504 g/mol. The molecule has 196 valence electrons. The van der Waals surface area contributed by atoms with Crippen molar-refractivity contribution in [2.45, 2.75) is 19.9 Å². The van der Waals surface area contributed by atoms with E-state index in [-0.39, 0.29) is 11.5 Å². The van der Waals surface area contributed by atoms with E-state index >= 15 is 0 Å². The van der Waals surface area contributed by atoms with Gasteiger partial charge in [-0.1, -0.05) is 36.3 Å². The summed E-state index contributed by atoms with van der Waals surface area (Å²) in [4.78, 5) is 35.8. The number of benzene rings is 2. The predicted molar refractivity (Wildman–Crippen MR) is 150 cm³/mol. The summed E-state index contributed by atoms with van der Waals surface area (Å²) in [6.45, 7) is 3.59. The van der Waals surface area contributed by atoms with Crippen LogP contribution in [0.5, 0.6) is 0 Å². The van der Waals surface area contributed by atoms with Crippen LogP contribution >= 0.6 is 0 Å². The molecule has 0 bridgehead atoms. The third-order valence-corrected chi connectivity index (χ3v) is 6.63. The molecule has 0 saturated heterocycles. The van der Waals surface area contributed by atoms with Crippen molar-refractivity contribution in [3.05, 3.63) is 118 Å². The second kappa shape index (κ2) is 9.96. The lowest BCUT2D eigenvalue weighted by molar-refractivity contribution is 0.0939. The number of nitrogens with one attached hydrogen (secondary N) is 1. The Bertz CT molecular complexity index is 2030. The summed E-state index contributed by atoms with van der Waals surface area (Å²) < 4.78 is 4.78. The number of hydrogen-bond donors (Lipinski definition) is 1.